The molecule has 12 heteroatoms. The second-order valence-electron chi connectivity index (χ2n) is 7.59. The topological polar surface area (TPSA) is 129 Å². The van der Waals surface area contributed by atoms with Crippen molar-refractivity contribution in [1.82, 2.24) is 4.68 Å². The molecule has 4 N–H and O–H groups in total. The molecular weight excluding hydrogens is 494 g/mol. The number of ether oxygens (including phenoxy) is 1. The molecule has 0 atom stereocenters. The number of fused-ring (bicyclic) bond motifs is 1. The molecule has 0 saturated carbocycles. The molecule has 0 bridgehead atoms. The lowest BCUT2D eigenvalue weighted by atomic mass is 10.1. The van der Waals surface area contributed by atoms with E-state index in [9.17, 15) is 28.9 Å². The molecule has 1 amide bonds. The van der Waals surface area contributed by atoms with Crippen LogP contribution in [0.15, 0.2) is 64.0 Å². The zero-order valence-corrected chi connectivity index (χ0v) is 19.0. The van der Waals surface area contributed by atoms with Crippen LogP contribution in [0, 0.1) is 11.6 Å². The number of phenols is 3. The zero-order chi connectivity index (χ0) is 25.4. The molecule has 0 unspecified atom stereocenters. The second-order valence-corrected chi connectivity index (χ2v) is 8.42. The van der Waals surface area contributed by atoms with Crippen molar-refractivity contribution in [3.05, 3.63) is 75.9 Å². The van der Waals surface area contributed by atoms with E-state index >= 15 is 0 Å². The Kier molecular flexibility index (Phi) is 5.86. The van der Waals surface area contributed by atoms with Crippen LogP contribution >= 0.6 is 11.3 Å². The number of aromatic hydroxyl groups is 3. The van der Waals surface area contributed by atoms with Gasteiger partial charge in [-0.05, 0) is 42.5 Å². The van der Waals surface area contributed by atoms with Crippen LogP contribution in [0.4, 0.5) is 20.2 Å². The monoisotopic (exact) mass is 510 g/mol. The second kappa shape index (κ2) is 9.15. The molecule has 0 aliphatic carbocycles. The molecule has 0 radical (unpaired) electrons. The molecule has 3 aromatic carbocycles. The molecule has 5 rings (SSSR count). The van der Waals surface area contributed by atoms with Gasteiger partial charge in [-0.3, -0.25) is 4.79 Å². The number of thiazole rings is 1. The number of aromatic nitrogens is 1. The van der Waals surface area contributed by atoms with Crippen LogP contribution in [0.1, 0.15) is 5.56 Å². The summed E-state index contributed by atoms with van der Waals surface area (Å²) in [5, 5.41) is 38.3. The van der Waals surface area contributed by atoms with E-state index in [2.05, 4.69) is 15.4 Å². The summed E-state index contributed by atoms with van der Waals surface area (Å²) in [5.41, 5.74) is 1.51. The van der Waals surface area contributed by atoms with Gasteiger partial charge in [-0.15, -0.1) is 11.3 Å². The predicted octanol–water partition coefficient (Wildman–Crippen LogP) is 4.06. The van der Waals surface area contributed by atoms with E-state index in [4.69, 9.17) is 4.74 Å². The molecule has 1 aromatic heterocycles. The summed E-state index contributed by atoms with van der Waals surface area (Å²) in [6, 6.07) is 10.6. The molecular formula is C24H16F2N4O5S. The van der Waals surface area contributed by atoms with Gasteiger partial charge in [0.1, 0.15) is 17.3 Å². The number of anilines is 1. The summed E-state index contributed by atoms with van der Waals surface area (Å²) in [4.78, 5) is 16.2. The summed E-state index contributed by atoms with van der Waals surface area (Å²) >= 11 is 1.11. The van der Waals surface area contributed by atoms with Crippen LogP contribution in [0.2, 0.25) is 0 Å². The average molecular weight is 510 g/mol. The van der Waals surface area contributed by atoms with Crippen molar-refractivity contribution in [3.8, 4) is 34.3 Å². The van der Waals surface area contributed by atoms with Crippen molar-refractivity contribution in [3.63, 3.8) is 0 Å². The van der Waals surface area contributed by atoms with E-state index in [1.807, 2.05) is 0 Å². The number of amides is 1. The van der Waals surface area contributed by atoms with Crippen molar-refractivity contribution < 1.29 is 33.6 Å². The summed E-state index contributed by atoms with van der Waals surface area (Å²) in [5.74, 6) is -3.23. The minimum Gasteiger partial charge on any atom is -0.504 e. The lowest BCUT2D eigenvalue weighted by Gasteiger charge is -2.18. The van der Waals surface area contributed by atoms with Gasteiger partial charge in [-0.25, -0.2) is 18.4 Å². The van der Waals surface area contributed by atoms with Crippen molar-refractivity contribution in [2.75, 3.05) is 11.9 Å². The van der Waals surface area contributed by atoms with Gasteiger partial charge in [-0.1, -0.05) is 0 Å². The first-order valence-electron chi connectivity index (χ1n) is 10.4. The number of nitrogens with zero attached hydrogens (tertiary/aromatic N) is 3. The largest absolute Gasteiger partial charge is 0.504 e. The smallest absolute Gasteiger partial charge is 0.262 e. The molecule has 1 aliphatic heterocycles. The first kappa shape index (κ1) is 23.1. The predicted molar refractivity (Wildman–Crippen MR) is 128 cm³/mol. The highest BCUT2D eigenvalue weighted by Crippen LogP contribution is 2.36. The van der Waals surface area contributed by atoms with Crippen LogP contribution in [0.25, 0.3) is 11.3 Å². The van der Waals surface area contributed by atoms with Gasteiger partial charge >= 0.3 is 0 Å². The maximum Gasteiger partial charge on any atom is 0.262 e. The third kappa shape index (κ3) is 4.36. The van der Waals surface area contributed by atoms with Gasteiger partial charge in [0, 0.05) is 22.6 Å². The third-order valence-corrected chi connectivity index (χ3v) is 6.01. The van der Waals surface area contributed by atoms with Crippen molar-refractivity contribution in [2.24, 2.45) is 10.1 Å². The van der Waals surface area contributed by atoms with Gasteiger partial charge in [0.15, 0.2) is 23.9 Å². The Morgan fingerprint density at radius 2 is 1.89 bits per heavy atom. The fourth-order valence-electron chi connectivity index (χ4n) is 3.41. The van der Waals surface area contributed by atoms with Crippen LogP contribution in [0.3, 0.4) is 0 Å². The fraction of sp³-hybridized carbons (Fsp3) is 0.0417. The minimum absolute atomic E-state index is 0.0833. The Morgan fingerprint density at radius 3 is 2.69 bits per heavy atom. The number of benzene rings is 3. The zero-order valence-electron chi connectivity index (χ0n) is 18.1. The Hall–Kier alpha value is -4.71. The van der Waals surface area contributed by atoms with Gasteiger partial charge in [0.2, 0.25) is 10.6 Å². The summed E-state index contributed by atoms with van der Waals surface area (Å²) in [6.45, 7) is -0.0929. The van der Waals surface area contributed by atoms with Crippen molar-refractivity contribution >= 4 is 34.8 Å². The quantitative estimate of drug-likeness (QED) is 0.243. The summed E-state index contributed by atoms with van der Waals surface area (Å²) < 4.78 is 34.4. The van der Waals surface area contributed by atoms with Gasteiger partial charge in [0.25, 0.3) is 5.91 Å². The van der Waals surface area contributed by atoms with E-state index in [-0.39, 0.29) is 28.6 Å². The summed E-state index contributed by atoms with van der Waals surface area (Å²) in [6.07, 6.45) is 1.22. The number of hydrogen-bond acceptors (Lipinski definition) is 8. The number of carbonyl (C=O) groups excluding carboxylic acids is 1. The molecule has 182 valence electrons. The standard InChI is InChI=1S/C24H16F2N4O5S/c25-14-3-4-16(15(26)8-14)29-24-30(27-9-13-1-5-19(31)23(34)22(13)33)18(11-36-24)12-2-6-20-17(7-12)28-21(32)10-35-20/h1-9,11,31,33-34H,10H2,(H,28,32). The molecule has 4 aromatic rings. The molecule has 36 heavy (non-hydrogen) atoms. The van der Waals surface area contributed by atoms with E-state index in [0.717, 1.165) is 17.4 Å². The Labute approximate surface area is 205 Å². The number of halogens is 2. The number of carbonyl (C=O) groups is 1. The van der Waals surface area contributed by atoms with Crippen molar-refractivity contribution in [1.29, 1.82) is 0 Å². The van der Waals surface area contributed by atoms with Crippen molar-refractivity contribution in [2.45, 2.75) is 0 Å². The van der Waals surface area contributed by atoms with E-state index in [1.165, 1.54) is 29.1 Å². The SMILES string of the molecule is O=C1COc2ccc(-c3csc(=Nc4ccc(F)cc4F)n3N=Cc3ccc(O)c(O)c3O)cc2N1. The van der Waals surface area contributed by atoms with Crippen LogP contribution in [-0.2, 0) is 4.79 Å². The Balaban J connectivity index is 1.66. The van der Waals surface area contributed by atoms with Crippen LogP contribution in [-0.4, -0.2) is 38.7 Å². The summed E-state index contributed by atoms with van der Waals surface area (Å²) in [7, 11) is 0. The number of phenolic OH excluding ortho intramolecular Hbond substituents is 3. The third-order valence-electron chi connectivity index (χ3n) is 5.19. The highest BCUT2D eigenvalue weighted by molar-refractivity contribution is 7.07. The normalized spacial score (nSPS) is 13.5. The lowest BCUT2D eigenvalue weighted by molar-refractivity contribution is -0.118. The maximum absolute atomic E-state index is 14.3. The van der Waals surface area contributed by atoms with Crippen LogP contribution < -0.4 is 14.9 Å². The van der Waals surface area contributed by atoms with Gasteiger partial charge in [0.05, 0.1) is 17.6 Å². The number of rotatable bonds is 4. The minimum atomic E-state index is -0.866. The van der Waals surface area contributed by atoms with E-state index in [1.54, 1.807) is 23.6 Å². The molecule has 0 saturated heterocycles. The Bertz CT molecular complexity index is 1610. The first-order valence-corrected chi connectivity index (χ1v) is 11.2. The van der Waals surface area contributed by atoms with E-state index in [0.29, 0.717) is 28.8 Å². The highest BCUT2D eigenvalue weighted by atomic mass is 32.1. The molecule has 1 aliphatic rings. The van der Waals surface area contributed by atoms with Crippen LogP contribution in [0.5, 0.6) is 23.0 Å². The number of hydrogen-bond donors (Lipinski definition) is 4. The average Bonchev–Trinajstić information content (AvgIpc) is 3.25. The molecule has 0 fully saturated rings. The highest BCUT2D eigenvalue weighted by Gasteiger charge is 2.18. The number of nitrogens with one attached hydrogen (secondary N) is 1. The maximum atomic E-state index is 14.3. The Morgan fingerprint density at radius 1 is 1.06 bits per heavy atom. The molecule has 0 spiro atoms. The molecule has 2 heterocycles. The van der Waals surface area contributed by atoms with Gasteiger partial charge < -0.3 is 25.4 Å². The van der Waals surface area contributed by atoms with E-state index < -0.39 is 28.9 Å². The lowest BCUT2D eigenvalue weighted by Crippen LogP contribution is -2.25. The fourth-order valence-corrected chi connectivity index (χ4v) is 4.26. The molecule has 9 nitrogen and oxygen atoms in total. The first-order chi connectivity index (χ1) is 17.3. The van der Waals surface area contributed by atoms with Gasteiger partial charge in [-0.2, -0.15) is 5.10 Å².